The Morgan fingerprint density at radius 2 is 1.79 bits per heavy atom. The molecule has 1 fully saturated rings. The first kappa shape index (κ1) is 29.6. The molecule has 43 heavy (non-hydrogen) atoms. The van der Waals surface area contributed by atoms with Crippen molar-refractivity contribution in [1.29, 1.82) is 0 Å². The number of aromatic amines is 1. The summed E-state index contributed by atoms with van der Waals surface area (Å²) in [4.78, 5) is 27.4. The number of carbonyl (C=O) groups excluding carboxylic acids is 1. The van der Waals surface area contributed by atoms with E-state index in [4.69, 9.17) is 5.73 Å². The molecule has 222 valence electrons. The topological polar surface area (TPSA) is 103 Å². The second kappa shape index (κ2) is 12.1. The lowest BCUT2D eigenvalue weighted by Crippen LogP contribution is -2.44. The number of piperazine rings is 1. The highest BCUT2D eigenvalue weighted by atomic mass is 19.4. The number of fused-ring (bicyclic) bond motifs is 1. The van der Waals surface area contributed by atoms with Crippen LogP contribution in [-0.2, 0) is 4.79 Å². The Morgan fingerprint density at radius 1 is 1.09 bits per heavy atom. The van der Waals surface area contributed by atoms with E-state index in [2.05, 4.69) is 55.8 Å². The van der Waals surface area contributed by atoms with Gasteiger partial charge in [-0.2, -0.15) is 4.99 Å². The first-order valence-corrected chi connectivity index (χ1v) is 13.7. The van der Waals surface area contributed by atoms with E-state index < -0.39 is 6.30 Å². The van der Waals surface area contributed by atoms with Gasteiger partial charge in [-0.15, -0.1) is 13.2 Å². The average Bonchev–Trinajstić information content (AvgIpc) is 3.37. The number of nitrogens with zero attached hydrogens (tertiary/aromatic N) is 4. The highest BCUT2D eigenvalue weighted by Gasteiger charge is 2.25. The number of hydrogen-bond acceptors (Lipinski definition) is 6. The number of aliphatic imine (C=N–C) groups is 1. The summed E-state index contributed by atoms with van der Waals surface area (Å²) in [7, 11) is 2.12. The molecule has 8 nitrogen and oxygen atoms in total. The molecule has 0 bridgehead atoms. The minimum atomic E-state index is -4.73. The minimum Gasteiger partial charge on any atom is -0.404 e. The number of allylic oxidation sites excluding steroid dienone is 1. The van der Waals surface area contributed by atoms with E-state index in [9.17, 15) is 18.0 Å². The van der Waals surface area contributed by atoms with Crippen molar-refractivity contribution in [2.45, 2.75) is 13.2 Å². The Kier molecular flexibility index (Phi) is 8.36. The molecule has 1 aliphatic heterocycles. The second-order valence-corrected chi connectivity index (χ2v) is 10.4. The molecule has 3 heterocycles. The van der Waals surface area contributed by atoms with Gasteiger partial charge >= 0.3 is 6.30 Å². The molecule has 0 spiro atoms. The fraction of sp³-hybridized carbons (Fsp3) is 0.219. The Hall–Kier alpha value is -4.90. The van der Waals surface area contributed by atoms with E-state index >= 15 is 0 Å². The molecule has 1 aliphatic rings. The summed E-state index contributed by atoms with van der Waals surface area (Å²) >= 11 is 0. The number of hydrogen-bond donors (Lipinski definition) is 3. The van der Waals surface area contributed by atoms with Crippen LogP contribution in [0.3, 0.4) is 0 Å². The summed E-state index contributed by atoms with van der Waals surface area (Å²) in [6.07, 6.45) is -0.332. The molecule has 11 heteroatoms. The zero-order valence-corrected chi connectivity index (χ0v) is 23.9. The maximum absolute atomic E-state index is 12.8. The number of anilines is 2. The number of nitrogens with one attached hydrogen (secondary N) is 2. The van der Waals surface area contributed by atoms with Crippen LogP contribution in [0.2, 0.25) is 0 Å². The van der Waals surface area contributed by atoms with Gasteiger partial charge in [0, 0.05) is 78.3 Å². The number of pyridine rings is 1. The fourth-order valence-corrected chi connectivity index (χ4v) is 5.10. The molecule has 0 unspecified atom stereocenters. The van der Waals surface area contributed by atoms with Gasteiger partial charge in [-0.05, 0) is 61.0 Å². The van der Waals surface area contributed by atoms with Gasteiger partial charge in [0.05, 0.1) is 5.69 Å². The maximum Gasteiger partial charge on any atom is 0.503 e. The molecule has 2 aromatic carbocycles. The van der Waals surface area contributed by atoms with Gasteiger partial charge in [-0.25, -0.2) is 4.98 Å². The first-order chi connectivity index (χ1) is 20.6. The number of benzene rings is 2. The third-order valence-electron chi connectivity index (χ3n) is 7.51. The summed E-state index contributed by atoms with van der Waals surface area (Å²) in [6, 6.07) is 15.7. The van der Waals surface area contributed by atoms with Gasteiger partial charge in [0.2, 0.25) is 5.91 Å². The smallest absolute Gasteiger partial charge is 0.404 e. The summed E-state index contributed by atoms with van der Waals surface area (Å²) in [6.45, 7) is 9.29. The quantitative estimate of drug-likeness (QED) is 0.140. The number of amides is 1. The summed E-state index contributed by atoms with van der Waals surface area (Å²) in [5.74, 6) is -0.343. The van der Waals surface area contributed by atoms with E-state index in [0.717, 1.165) is 66.0 Å². The van der Waals surface area contributed by atoms with Crippen LogP contribution in [0, 0.1) is 6.92 Å². The molecule has 4 N–H and O–H groups in total. The van der Waals surface area contributed by atoms with Gasteiger partial charge < -0.3 is 25.8 Å². The predicted octanol–water partition coefficient (Wildman–Crippen LogP) is 5.97. The van der Waals surface area contributed by atoms with Crippen LogP contribution in [0.5, 0.6) is 0 Å². The van der Waals surface area contributed by atoms with Crippen molar-refractivity contribution in [3.63, 3.8) is 0 Å². The Labute approximate surface area is 247 Å². The van der Waals surface area contributed by atoms with Gasteiger partial charge in [0.15, 0.2) is 0 Å². The number of alkyl halides is 3. The molecule has 1 saturated heterocycles. The number of nitrogens with two attached hydrogens (primary N) is 1. The summed E-state index contributed by atoms with van der Waals surface area (Å²) in [5.41, 5.74) is 12.5. The maximum atomic E-state index is 12.8. The average molecular weight is 588 g/mol. The molecule has 2 aromatic heterocycles. The molecule has 0 atom stereocenters. The zero-order valence-electron chi connectivity index (χ0n) is 23.9. The van der Waals surface area contributed by atoms with Crippen LogP contribution in [0.1, 0.15) is 11.1 Å². The monoisotopic (exact) mass is 587 g/mol. The third-order valence-corrected chi connectivity index (χ3v) is 7.51. The second-order valence-electron chi connectivity index (χ2n) is 10.4. The van der Waals surface area contributed by atoms with Crippen molar-refractivity contribution in [1.82, 2.24) is 14.9 Å². The van der Waals surface area contributed by atoms with E-state index in [0.29, 0.717) is 28.5 Å². The number of aryl methyl sites for hydroxylation is 1. The number of likely N-dealkylation sites (N-methyl/N-ethyl adjacent to an activating group) is 1. The summed E-state index contributed by atoms with van der Waals surface area (Å²) < 4.78 is 38.5. The molecule has 0 radical (unpaired) electrons. The number of halogens is 3. The van der Waals surface area contributed by atoms with E-state index in [1.165, 1.54) is 12.3 Å². The largest absolute Gasteiger partial charge is 0.503 e. The molecule has 0 saturated carbocycles. The SMILES string of the molecule is C=CC(=O)Nc1cc(-c2c(-c3ccc(N4CCN(C)CC4)cc3)[nH]c3ncc(C(=C/N)/C=N/C(F)(F)F)cc23)ccc1C. The van der Waals surface area contributed by atoms with Crippen LogP contribution < -0.4 is 16.0 Å². The molecule has 0 aliphatic carbocycles. The predicted molar refractivity (Wildman–Crippen MR) is 167 cm³/mol. The minimum absolute atomic E-state index is 0.0693. The molecule has 1 amide bonds. The van der Waals surface area contributed by atoms with E-state index in [1.807, 2.05) is 37.3 Å². The van der Waals surface area contributed by atoms with Crippen molar-refractivity contribution in [3.8, 4) is 22.4 Å². The Morgan fingerprint density at radius 3 is 2.44 bits per heavy atom. The Bertz CT molecular complexity index is 1710. The number of rotatable bonds is 7. The lowest BCUT2D eigenvalue weighted by Gasteiger charge is -2.34. The van der Waals surface area contributed by atoms with Crippen LogP contribution in [0.25, 0.3) is 39.0 Å². The Balaban J connectivity index is 1.64. The van der Waals surface area contributed by atoms with Crippen molar-refractivity contribution in [3.05, 3.63) is 84.7 Å². The van der Waals surface area contributed by atoms with E-state index in [-0.39, 0.29) is 11.5 Å². The number of aromatic nitrogens is 2. The fourth-order valence-electron chi connectivity index (χ4n) is 5.10. The lowest BCUT2D eigenvalue weighted by atomic mass is 9.96. The molecule has 4 aromatic rings. The van der Waals surface area contributed by atoms with Crippen LogP contribution in [0.15, 0.2) is 78.6 Å². The van der Waals surface area contributed by atoms with Crippen molar-refractivity contribution < 1.29 is 18.0 Å². The van der Waals surface area contributed by atoms with Gasteiger partial charge in [-0.1, -0.05) is 30.8 Å². The van der Waals surface area contributed by atoms with Crippen LogP contribution in [-0.4, -0.2) is 66.5 Å². The normalized spacial score (nSPS) is 14.9. The van der Waals surface area contributed by atoms with Crippen molar-refractivity contribution in [2.75, 3.05) is 43.4 Å². The number of carbonyl (C=O) groups is 1. The van der Waals surface area contributed by atoms with Gasteiger partial charge in [-0.3, -0.25) is 4.79 Å². The van der Waals surface area contributed by atoms with Crippen molar-refractivity contribution in [2.24, 2.45) is 10.7 Å². The lowest BCUT2D eigenvalue weighted by molar-refractivity contribution is -0.119. The van der Waals surface area contributed by atoms with Crippen LogP contribution in [0.4, 0.5) is 24.5 Å². The van der Waals surface area contributed by atoms with Crippen molar-refractivity contribution >= 4 is 40.1 Å². The molecular weight excluding hydrogens is 555 g/mol. The van der Waals surface area contributed by atoms with Crippen LogP contribution >= 0.6 is 0 Å². The standard InChI is InChI=1S/C32H32F3N7O/c1-4-28(43)39-27-16-22(6-5-20(27)2)29-26-15-23(24(17-36)19-38-32(33,34)35)18-37-31(26)40-30(29)21-7-9-25(10-8-21)42-13-11-41(3)12-14-42/h4-10,15-19H,1,11-14,36H2,2-3H3,(H,37,40)(H,39,43)/b24-17+,38-19+. The molecule has 5 rings (SSSR count). The first-order valence-electron chi connectivity index (χ1n) is 13.7. The number of H-pyrrole nitrogens is 1. The highest BCUT2D eigenvalue weighted by molar-refractivity contribution is 6.12. The highest BCUT2D eigenvalue weighted by Crippen LogP contribution is 2.40. The molecular formula is C32H32F3N7O. The van der Waals surface area contributed by atoms with Gasteiger partial charge in [0.25, 0.3) is 0 Å². The summed E-state index contributed by atoms with van der Waals surface area (Å²) in [5, 5.41) is 3.51. The third kappa shape index (κ3) is 6.62. The van der Waals surface area contributed by atoms with E-state index in [1.54, 1.807) is 6.07 Å². The zero-order chi connectivity index (χ0) is 30.7. The van der Waals surface area contributed by atoms with Gasteiger partial charge in [0.1, 0.15) is 5.65 Å².